The molecule has 6 unspecified atom stereocenters. The summed E-state index contributed by atoms with van der Waals surface area (Å²) in [7, 11) is 0. The van der Waals surface area contributed by atoms with Gasteiger partial charge in [-0.1, -0.05) is 0 Å². The molecule has 0 spiro atoms. The van der Waals surface area contributed by atoms with Gasteiger partial charge in [-0.25, -0.2) is 0 Å². The van der Waals surface area contributed by atoms with Gasteiger partial charge in [-0.15, -0.1) is 0 Å². The van der Waals surface area contributed by atoms with Crippen molar-refractivity contribution in [2.45, 2.75) is 59.7 Å². The molecule has 0 aromatic heterocycles. The molecule has 6 heteroatoms. The van der Waals surface area contributed by atoms with Crippen LogP contribution >= 0.6 is 23.5 Å². The third kappa shape index (κ3) is 6.06. The molecule has 0 nitrogen and oxygen atoms in total. The first kappa shape index (κ1) is 16.6. The molecule has 3 aliphatic rings. The molecule has 3 aliphatic heterocycles. The molecule has 0 bridgehead atoms. The fourth-order valence-corrected chi connectivity index (χ4v) is 18.1. The van der Waals surface area contributed by atoms with Crippen molar-refractivity contribution in [3.05, 3.63) is 0 Å². The summed E-state index contributed by atoms with van der Waals surface area (Å²) in [6.07, 6.45) is 6.06. The van der Waals surface area contributed by atoms with Crippen molar-refractivity contribution < 1.29 is 0 Å². The van der Waals surface area contributed by atoms with Crippen LogP contribution in [0.4, 0.5) is 0 Å². The standard InChI is InChI=1S/C13H22S2Se4/c16-10(1-8-5-14-8)3-12-13(19-7-18-12)4-11(17)2-9-6-15-9/h8-13,16-17H,1-7H2. The fourth-order valence-electron chi connectivity index (χ4n) is 2.61. The first-order chi connectivity index (χ1) is 9.20. The molecule has 0 aromatic rings. The van der Waals surface area contributed by atoms with Gasteiger partial charge in [0.25, 0.3) is 0 Å². The molecule has 0 radical (unpaired) electrons. The summed E-state index contributed by atoms with van der Waals surface area (Å²) in [5.74, 6) is 2.90. The summed E-state index contributed by atoms with van der Waals surface area (Å²) in [5, 5.41) is 2.07. The quantitative estimate of drug-likeness (QED) is 0.332. The van der Waals surface area contributed by atoms with Crippen molar-refractivity contribution in [1.82, 2.24) is 0 Å². The Hall–Kier alpha value is 2.78. The van der Waals surface area contributed by atoms with E-state index >= 15 is 0 Å². The van der Waals surface area contributed by atoms with Gasteiger partial charge in [0.1, 0.15) is 0 Å². The summed E-state index contributed by atoms with van der Waals surface area (Å²) < 4.78 is 1.63. The van der Waals surface area contributed by atoms with E-state index in [-0.39, 0.29) is 0 Å². The van der Waals surface area contributed by atoms with Crippen LogP contribution in [0.3, 0.4) is 0 Å². The predicted octanol–water partition coefficient (Wildman–Crippen LogP) is 2.53. The van der Waals surface area contributed by atoms with Gasteiger partial charge in [0.2, 0.25) is 0 Å². The van der Waals surface area contributed by atoms with Crippen molar-refractivity contribution >= 4 is 85.5 Å². The summed E-state index contributed by atoms with van der Waals surface area (Å²) in [5.41, 5.74) is 0. The predicted molar refractivity (Wildman–Crippen MR) is 96.6 cm³/mol. The molecule has 3 heterocycles. The number of thioether (sulfide) groups is 2. The molecule has 0 saturated carbocycles. The van der Waals surface area contributed by atoms with Crippen LogP contribution in [0, 0.1) is 0 Å². The fraction of sp³-hybridized carbons (Fsp3) is 1.00. The first-order valence-corrected chi connectivity index (χ1v) is 15.7. The average molecular weight is 558 g/mol. The normalized spacial score (nSPS) is 40.1. The van der Waals surface area contributed by atoms with Gasteiger partial charge >= 0.3 is 157 Å². The maximum absolute atomic E-state index is 3.01. The van der Waals surface area contributed by atoms with Crippen molar-refractivity contribution in [3.63, 3.8) is 0 Å². The second-order valence-electron chi connectivity index (χ2n) is 5.69. The molecule has 3 fully saturated rings. The molecule has 3 saturated heterocycles. The van der Waals surface area contributed by atoms with Crippen molar-refractivity contribution in [3.8, 4) is 0 Å². The molecule has 110 valence electrons. The average Bonchev–Trinajstić information content (AvgIpc) is 3.25. The second-order valence-corrected chi connectivity index (χ2v) is 18.4. The Labute approximate surface area is 155 Å². The van der Waals surface area contributed by atoms with Crippen LogP contribution in [0.5, 0.6) is 0 Å². The van der Waals surface area contributed by atoms with Gasteiger partial charge in [0.05, 0.1) is 0 Å². The van der Waals surface area contributed by atoms with E-state index in [2.05, 4.69) is 55.5 Å². The van der Waals surface area contributed by atoms with E-state index in [1.165, 1.54) is 24.3 Å². The van der Waals surface area contributed by atoms with Gasteiger partial charge in [-0.3, -0.25) is 0 Å². The topological polar surface area (TPSA) is 0 Å². The van der Waals surface area contributed by atoms with E-state index in [9.17, 15) is 0 Å². The molecule has 0 N–H and O–H groups in total. The number of rotatable bonds is 8. The Bertz CT molecular complexity index is 268. The van der Waals surface area contributed by atoms with Crippen LogP contribution in [-0.2, 0) is 0 Å². The Balaban J connectivity index is 1.40. The zero-order chi connectivity index (χ0) is 13.2. The van der Waals surface area contributed by atoms with Crippen molar-refractivity contribution in [2.75, 3.05) is 11.5 Å². The SMILES string of the molecule is [SeH]C(CC1CS1)CC1[Se]C[Se]C1CC([SeH])CC1CS1. The van der Waals surface area contributed by atoms with Gasteiger partial charge in [-0.05, 0) is 0 Å². The van der Waals surface area contributed by atoms with E-state index < -0.39 is 0 Å². The van der Waals surface area contributed by atoms with E-state index in [4.69, 9.17) is 0 Å². The van der Waals surface area contributed by atoms with Gasteiger partial charge in [0, 0.05) is 0 Å². The Kier molecular flexibility index (Phi) is 7.04. The molecular formula is C13H22S2Se4. The van der Waals surface area contributed by atoms with Crippen LogP contribution in [0.2, 0.25) is 23.5 Å². The number of hydrogen-bond donors (Lipinski definition) is 0. The Morgan fingerprint density at radius 2 is 1.26 bits per heavy atom. The van der Waals surface area contributed by atoms with Crippen molar-refractivity contribution in [1.29, 1.82) is 0 Å². The van der Waals surface area contributed by atoms with Crippen LogP contribution < -0.4 is 0 Å². The van der Waals surface area contributed by atoms with E-state index in [1.807, 2.05) is 0 Å². The summed E-state index contributed by atoms with van der Waals surface area (Å²) >= 11 is 12.3. The van der Waals surface area contributed by atoms with E-state index in [0.29, 0.717) is 0 Å². The van der Waals surface area contributed by atoms with E-state index in [0.717, 1.165) is 59.7 Å². The molecular weight excluding hydrogens is 536 g/mol. The minimum absolute atomic E-state index is 0.944. The van der Waals surface area contributed by atoms with Gasteiger partial charge < -0.3 is 0 Å². The van der Waals surface area contributed by atoms with E-state index in [1.54, 1.807) is 17.1 Å². The van der Waals surface area contributed by atoms with Crippen molar-refractivity contribution in [2.24, 2.45) is 0 Å². The van der Waals surface area contributed by atoms with Crippen LogP contribution in [0.25, 0.3) is 0 Å². The molecule has 6 atom stereocenters. The second kappa shape index (κ2) is 8.05. The Morgan fingerprint density at radius 3 is 1.63 bits per heavy atom. The number of hydrogen-bond acceptors (Lipinski definition) is 2. The monoisotopic (exact) mass is 562 g/mol. The van der Waals surface area contributed by atoms with Crippen LogP contribution in [-0.4, -0.2) is 83.9 Å². The first-order valence-electron chi connectivity index (χ1n) is 7.03. The summed E-state index contributed by atoms with van der Waals surface area (Å²) in [6.45, 7) is 0. The third-order valence-corrected chi connectivity index (χ3v) is 16.0. The minimum atomic E-state index is 0.944. The zero-order valence-electron chi connectivity index (χ0n) is 10.9. The molecule has 0 aromatic carbocycles. The zero-order valence-corrected chi connectivity index (χ0v) is 19.8. The summed E-state index contributed by atoms with van der Waals surface area (Å²) in [6, 6.07) is 0. The maximum atomic E-state index is 3.01. The molecule has 19 heavy (non-hydrogen) atoms. The van der Waals surface area contributed by atoms with Gasteiger partial charge in [0.15, 0.2) is 0 Å². The Morgan fingerprint density at radius 1 is 0.842 bits per heavy atom. The van der Waals surface area contributed by atoms with Gasteiger partial charge in [-0.2, -0.15) is 0 Å². The molecule has 0 aliphatic carbocycles. The third-order valence-electron chi connectivity index (χ3n) is 3.86. The van der Waals surface area contributed by atoms with Crippen LogP contribution in [0.15, 0.2) is 0 Å². The summed E-state index contributed by atoms with van der Waals surface area (Å²) in [4.78, 5) is 4.17. The van der Waals surface area contributed by atoms with Crippen LogP contribution in [0.1, 0.15) is 25.7 Å². The molecule has 0 amide bonds. The molecule has 3 rings (SSSR count).